The van der Waals surface area contributed by atoms with E-state index >= 15 is 0 Å². The Hall–Kier alpha value is -1.92. The van der Waals surface area contributed by atoms with Crippen molar-refractivity contribution >= 4 is 17.5 Å². The second-order valence-electron chi connectivity index (χ2n) is 7.51. The minimum absolute atomic E-state index is 0.0694. The number of amides is 2. The highest BCUT2D eigenvalue weighted by atomic mass is 16.2. The number of benzene rings is 1. The lowest BCUT2D eigenvalue weighted by molar-refractivity contribution is -1.00. The van der Waals surface area contributed by atoms with Crippen molar-refractivity contribution in [3.8, 4) is 0 Å². The summed E-state index contributed by atoms with van der Waals surface area (Å²) in [5.74, 6) is 0.271. The number of carbonyl (C=O) groups excluding carboxylic acids is 2. The van der Waals surface area contributed by atoms with E-state index in [1.54, 1.807) is 0 Å². The molecule has 1 aliphatic rings. The number of hydrogen-bond acceptors (Lipinski definition) is 2. The van der Waals surface area contributed by atoms with Crippen molar-refractivity contribution in [2.75, 3.05) is 51.6 Å². The molecule has 0 bridgehead atoms. The molecule has 1 fully saturated rings. The van der Waals surface area contributed by atoms with E-state index in [9.17, 15) is 9.59 Å². The number of nitrogens with one attached hydrogen (secondary N) is 3. The van der Waals surface area contributed by atoms with Crippen LogP contribution in [0, 0.1) is 0 Å². The Balaban J connectivity index is 1.76. The molecule has 0 unspecified atom stereocenters. The predicted octanol–water partition coefficient (Wildman–Crippen LogP) is -1.16. The van der Waals surface area contributed by atoms with Gasteiger partial charge in [0.25, 0.3) is 11.8 Å². The largest absolute Gasteiger partial charge is 0.338 e. The van der Waals surface area contributed by atoms with Crippen LogP contribution in [-0.4, -0.2) is 69.1 Å². The molecule has 1 saturated heterocycles. The Kier molecular flexibility index (Phi) is 7.60. The normalized spacial score (nSPS) is 20.0. The lowest BCUT2D eigenvalue weighted by Gasteiger charge is -2.30. The van der Waals surface area contributed by atoms with Gasteiger partial charge in [-0.3, -0.25) is 9.59 Å². The first kappa shape index (κ1) is 20.4. The maximum atomic E-state index is 12.4. The van der Waals surface area contributed by atoms with E-state index in [2.05, 4.69) is 18.3 Å². The Morgan fingerprint density at radius 2 is 1.65 bits per heavy atom. The quantitative estimate of drug-likeness (QED) is 0.573. The molecule has 0 aliphatic carbocycles. The van der Waals surface area contributed by atoms with E-state index in [4.69, 9.17) is 0 Å². The van der Waals surface area contributed by atoms with Crippen molar-refractivity contribution in [2.45, 2.75) is 33.2 Å². The third-order valence-corrected chi connectivity index (χ3v) is 5.32. The molecule has 2 rings (SSSR count). The van der Waals surface area contributed by atoms with Gasteiger partial charge in [0.1, 0.15) is 26.2 Å². The molecule has 1 aromatic carbocycles. The van der Waals surface area contributed by atoms with Crippen LogP contribution in [0.4, 0.5) is 5.69 Å². The molecule has 0 atom stereocenters. The lowest BCUT2D eigenvalue weighted by Crippen LogP contribution is -3.28. The van der Waals surface area contributed by atoms with E-state index in [1.807, 2.05) is 44.0 Å². The molecule has 3 N–H and O–H groups in total. The Morgan fingerprint density at radius 1 is 1.08 bits per heavy atom. The molecule has 0 saturated carbocycles. The lowest BCUT2D eigenvalue weighted by atomic mass is 10.1. The minimum atomic E-state index is 0.0694. The summed E-state index contributed by atoms with van der Waals surface area (Å²) in [5.41, 5.74) is 2.09. The summed E-state index contributed by atoms with van der Waals surface area (Å²) >= 11 is 0. The second kappa shape index (κ2) is 9.69. The first-order valence-electron chi connectivity index (χ1n) is 9.71. The van der Waals surface area contributed by atoms with Crippen LogP contribution in [-0.2, 0) is 16.0 Å². The molecule has 6 heteroatoms. The van der Waals surface area contributed by atoms with Gasteiger partial charge >= 0.3 is 0 Å². The first-order valence-corrected chi connectivity index (χ1v) is 9.71. The maximum absolute atomic E-state index is 12.4. The fourth-order valence-corrected chi connectivity index (χ4v) is 3.31. The van der Waals surface area contributed by atoms with Crippen molar-refractivity contribution < 1.29 is 19.4 Å². The van der Waals surface area contributed by atoms with E-state index in [0.29, 0.717) is 13.1 Å². The molecule has 0 spiro atoms. The fourth-order valence-electron chi connectivity index (χ4n) is 3.31. The van der Waals surface area contributed by atoms with Gasteiger partial charge in [0, 0.05) is 18.8 Å². The van der Waals surface area contributed by atoms with Gasteiger partial charge in [-0.1, -0.05) is 25.1 Å². The van der Waals surface area contributed by atoms with Gasteiger partial charge in [-0.15, -0.1) is 0 Å². The summed E-state index contributed by atoms with van der Waals surface area (Å²) in [4.78, 5) is 29.0. The fraction of sp³-hybridized carbons (Fsp3) is 0.600. The number of anilines is 1. The van der Waals surface area contributed by atoms with Crippen LogP contribution < -0.4 is 15.1 Å². The van der Waals surface area contributed by atoms with Crippen LogP contribution in [0.2, 0.25) is 0 Å². The number of piperazine rings is 1. The first-order chi connectivity index (χ1) is 12.4. The summed E-state index contributed by atoms with van der Waals surface area (Å²) in [6.07, 6.45) is 0.907. The van der Waals surface area contributed by atoms with Gasteiger partial charge in [-0.2, -0.15) is 0 Å². The highest BCUT2D eigenvalue weighted by Crippen LogP contribution is 2.14. The van der Waals surface area contributed by atoms with Gasteiger partial charge in [0.05, 0.1) is 0 Å². The van der Waals surface area contributed by atoms with Crippen LogP contribution in [0.15, 0.2) is 24.3 Å². The highest BCUT2D eigenvalue weighted by Gasteiger charge is 2.27. The summed E-state index contributed by atoms with van der Waals surface area (Å²) < 4.78 is 0. The van der Waals surface area contributed by atoms with Gasteiger partial charge in [-0.05, 0) is 31.9 Å². The summed E-state index contributed by atoms with van der Waals surface area (Å²) in [6, 6.07) is 8.21. The molecule has 0 radical (unpaired) electrons. The third-order valence-electron chi connectivity index (χ3n) is 5.32. The molecule has 26 heavy (non-hydrogen) atoms. The minimum Gasteiger partial charge on any atom is -0.338 e. The van der Waals surface area contributed by atoms with E-state index in [0.717, 1.165) is 43.9 Å². The number of aryl methyl sites for hydroxylation is 1. The predicted molar refractivity (Wildman–Crippen MR) is 103 cm³/mol. The topological polar surface area (TPSA) is 58.3 Å². The number of nitrogens with zero attached hydrogens (tertiary/aromatic N) is 1. The van der Waals surface area contributed by atoms with E-state index in [1.165, 1.54) is 9.80 Å². The second-order valence-corrected chi connectivity index (χ2v) is 7.51. The zero-order chi connectivity index (χ0) is 19.1. The molecule has 0 aromatic heterocycles. The van der Waals surface area contributed by atoms with Gasteiger partial charge in [0.15, 0.2) is 13.1 Å². The number of rotatable bonds is 7. The van der Waals surface area contributed by atoms with Crippen molar-refractivity contribution in [3.05, 3.63) is 29.8 Å². The van der Waals surface area contributed by atoms with Crippen molar-refractivity contribution in [3.63, 3.8) is 0 Å². The zero-order valence-electron chi connectivity index (χ0n) is 16.6. The van der Waals surface area contributed by atoms with Gasteiger partial charge in [0.2, 0.25) is 0 Å². The average Bonchev–Trinajstić information content (AvgIpc) is 2.63. The van der Waals surface area contributed by atoms with Crippen LogP contribution in [0.3, 0.4) is 0 Å². The summed E-state index contributed by atoms with van der Waals surface area (Å²) in [5, 5.41) is 3.05. The highest BCUT2D eigenvalue weighted by molar-refractivity contribution is 5.92. The molecule has 144 valence electrons. The van der Waals surface area contributed by atoms with Crippen LogP contribution >= 0.6 is 0 Å². The maximum Gasteiger partial charge on any atom is 0.279 e. The molecule has 1 aliphatic heterocycles. The van der Waals surface area contributed by atoms with Gasteiger partial charge in [-0.25, -0.2) is 0 Å². The van der Waals surface area contributed by atoms with E-state index < -0.39 is 0 Å². The van der Waals surface area contributed by atoms with Crippen molar-refractivity contribution in [2.24, 2.45) is 0 Å². The standard InChI is InChI=1S/C20H32N4O2/c1-5-17-8-6-7-9-18(17)21-19(25)14-23-10-12-24(13-11-23)15-20(26)22(4)16(2)3/h6-9,16H,5,10-15H2,1-4H3,(H,21,25)/p+2. The third kappa shape index (κ3) is 5.81. The molecule has 1 aromatic rings. The SMILES string of the molecule is CCc1ccccc1NC(=O)C[NH+]1CC[NH+](CC(=O)N(C)C(C)C)CC1. The van der Waals surface area contributed by atoms with E-state index in [-0.39, 0.29) is 17.9 Å². The number of quaternary nitrogens is 2. The summed E-state index contributed by atoms with van der Waals surface area (Å²) in [6.45, 7) is 10.9. The molecule has 2 amide bonds. The Bertz CT molecular complexity index is 610. The number of likely N-dealkylation sites (N-methyl/N-ethyl adjacent to an activating group) is 1. The number of para-hydroxylation sites is 1. The number of carbonyl (C=O) groups is 2. The Labute approximate surface area is 157 Å². The van der Waals surface area contributed by atoms with Gasteiger partial charge < -0.3 is 20.0 Å². The summed E-state index contributed by atoms with van der Waals surface area (Å²) in [7, 11) is 1.87. The van der Waals surface area contributed by atoms with Crippen LogP contribution in [0.25, 0.3) is 0 Å². The molecular formula is C20H34N4O2+2. The zero-order valence-corrected chi connectivity index (χ0v) is 16.6. The molecule has 1 heterocycles. The van der Waals surface area contributed by atoms with Crippen LogP contribution in [0.1, 0.15) is 26.3 Å². The Morgan fingerprint density at radius 3 is 2.23 bits per heavy atom. The van der Waals surface area contributed by atoms with Crippen molar-refractivity contribution in [1.29, 1.82) is 0 Å². The monoisotopic (exact) mass is 362 g/mol. The molecular weight excluding hydrogens is 328 g/mol. The van der Waals surface area contributed by atoms with Crippen LogP contribution in [0.5, 0.6) is 0 Å². The molecule has 6 nitrogen and oxygen atoms in total. The van der Waals surface area contributed by atoms with Crippen molar-refractivity contribution in [1.82, 2.24) is 4.90 Å². The average molecular weight is 363 g/mol. The smallest absolute Gasteiger partial charge is 0.279 e. The number of hydrogen-bond donors (Lipinski definition) is 3.